The Morgan fingerprint density at radius 1 is 1.11 bits per heavy atom. The van der Waals surface area contributed by atoms with Gasteiger partial charge in [0.15, 0.2) is 0 Å². The molecule has 0 bridgehead atoms. The van der Waals surface area contributed by atoms with E-state index in [4.69, 9.17) is 9.26 Å². The third-order valence-electron chi connectivity index (χ3n) is 4.26. The van der Waals surface area contributed by atoms with E-state index in [2.05, 4.69) is 17.1 Å². The van der Waals surface area contributed by atoms with E-state index in [0.29, 0.717) is 23.9 Å². The molecule has 2 aromatic carbocycles. The van der Waals surface area contributed by atoms with Gasteiger partial charge in [-0.15, -0.1) is 0 Å². The molecule has 28 heavy (non-hydrogen) atoms. The third-order valence-corrected chi connectivity index (χ3v) is 4.26. The summed E-state index contributed by atoms with van der Waals surface area (Å²) in [5.74, 6) is 1.60. The molecule has 1 amide bonds. The van der Waals surface area contributed by atoms with E-state index < -0.39 is 0 Å². The van der Waals surface area contributed by atoms with Crippen LogP contribution in [0.4, 0.5) is 0 Å². The van der Waals surface area contributed by atoms with Gasteiger partial charge in [-0.1, -0.05) is 42.4 Å². The van der Waals surface area contributed by atoms with Crippen molar-refractivity contribution in [1.82, 2.24) is 15.0 Å². The Labute approximate surface area is 165 Å². The number of carbonyl (C=O) groups is 1. The molecule has 3 rings (SSSR count). The summed E-state index contributed by atoms with van der Waals surface area (Å²) in [4.78, 5) is 19.1. The van der Waals surface area contributed by atoms with Gasteiger partial charge in [0.1, 0.15) is 12.3 Å². The largest absolute Gasteiger partial charge is 0.494 e. The van der Waals surface area contributed by atoms with Crippen LogP contribution >= 0.6 is 0 Å². The predicted molar refractivity (Wildman–Crippen MR) is 107 cm³/mol. The summed E-state index contributed by atoms with van der Waals surface area (Å²) >= 11 is 0. The zero-order valence-corrected chi connectivity index (χ0v) is 16.5. The van der Waals surface area contributed by atoms with Crippen LogP contribution in [-0.4, -0.2) is 33.6 Å². The first-order valence-corrected chi connectivity index (χ1v) is 9.50. The molecule has 0 atom stereocenters. The van der Waals surface area contributed by atoms with Gasteiger partial charge in [0, 0.05) is 17.2 Å². The fourth-order valence-corrected chi connectivity index (χ4v) is 2.74. The number of hydrogen-bond donors (Lipinski definition) is 0. The third kappa shape index (κ3) is 4.76. The summed E-state index contributed by atoms with van der Waals surface area (Å²) in [7, 11) is 0. The van der Waals surface area contributed by atoms with Gasteiger partial charge < -0.3 is 14.2 Å². The molecule has 0 fully saturated rings. The molecular weight excluding hydrogens is 354 g/mol. The Morgan fingerprint density at radius 3 is 2.46 bits per heavy atom. The average Bonchev–Trinajstić information content (AvgIpc) is 3.19. The highest BCUT2D eigenvalue weighted by molar-refractivity contribution is 5.94. The number of carbonyl (C=O) groups excluding carboxylic acids is 1. The molecule has 0 unspecified atom stereocenters. The van der Waals surface area contributed by atoms with Crippen molar-refractivity contribution in [2.45, 2.75) is 39.8 Å². The van der Waals surface area contributed by atoms with Crippen molar-refractivity contribution in [3.63, 3.8) is 0 Å². The number of rotatable bonds is 8. The standard InChI is InChI=1S/C22H25N3O3/c1-4-14-27-19-12-10-18(11-13-19)22(26)25(16(2)3)15-20-23-21(24-28-20)17-8-6-5-7-9-17/h5-13,16H,4,14-15H2,1-3H3. The van der Waals surface area contributed by atoms with Crippen LogP contribution in [0.15, 0.2) is 59.1 Å². The normalized spacial score (nSPS) is 10.9. The minimum atomic E-state index is -0.0866. The summed E-state index contributed by atoms with van der Waals surface area (Å²) in [6, 6.07) is 16.8. The number of aromatic nitrogens is 2. The van der Waals surface area contributed by atoms with Crippen molar-refractivity contribution < 1.29 is 14.1 Å². The highest BCUT2D eigenvalue weighted by Gasteiger charge is 2.22. The van der Waals surface area contributed by atoms with Gasteiger partial charge in [0.05, 0.1) is 6.61 Å². The highest BCUT2D eigenvalue weighted by atomic mass is 16.5. The van der Waals surface area contributed by atoms with Gasteiger partial charge in [0.2, 0.25) is 11.7 Å². The molecule has 6 heteroatoms. The first-order chi connectivity index (χ1) is 13.6. The van der Waals surface area contributed by atoms with Crippen molar-refractivity contribution >= 4 is 5.91 Å². The lowest BCUT2D eigenvalue weighted by Crippen LogP contribution is -2.36. The van der Waals surface area contributed by atoms with E-state index in [-0.39, 0.29) is 18.5 Å². The van der Waals surface area contributed by atoms with Crippen LogP contribution in [0.1, 0.15) is 43.4 Å². The minimum absolute atomic E-state index is 0.0180. The minimum Gasteiger partial charge on any atom is -0.494 e. The molecule has 1 heterocycles. The maximum atomic E-state index is 13.0. The lowest BCUT2D eigenvalue weighted by Gasteiger charge is -2.25. The molecule has 0 aliphatic carbocycles. The number of ether oxygens (including phenoxy) is 1. The Hall–Kier alpha value is -3.15. The lowest BCUT2D eigenvalue weighted by molar-refractivity contribution is 0.0667. The molecule has 0 aliphatic rings. The topological polar surface area (TPSA) is 68.5 Å². The fourth-order valence-electron chi connectivity index (χ4n) is 2.74. The molecule has 1 aromatic heterocycles. The maximum Gasteiger partial charge on any atom is 0.254 e. The van der Waals surface area contributed by atoms with Crippen LogP contribution in [-0.2, 0) is 6.54 Å². The van der Waals surface area contributed by atoms with E-state index in [1.807, 2.05) is 56.3 Å². The molecule has 0 spiro atoms. The second kappa shape index (κ2) is 9.17. The van der Waals surface area contributed by atoms with Gasteiger partial charge in [-0.25, -0.2) is 0 Å². The van der Waals surface area contributed by atoms with Gasteiger partial charge in [-0.05, 0) is 44.5 Å². The van der Waals surface area contributed by atoms with E-state index in [1.54, 1.807) is 17.0 Å². The zero-order chi connectivity index (χ0) is 19.9. The quantitative estimate of drug-likeness (QED) is 0.573. The van der Waals surface area contributed by atoms with Crippen molar-refractivity contribution in [2.24, 2.45) is 0 Å². The van der Waals surface area contributed by atoms with Gasteiger partial charge in [-0.2, -0.15) is 4.98 Å². The molecule has 146 valence electrons. The summed E-state index contributed by atoms with van der Waals surface area (Å²) < 4.78 is 11.0. The van der Waals surface area contributed by atoms with E-state index in [1.165, 1.54) is 0 Å². The molecule has 0 saturated carbocycles. The summed E-state index contributed by atoms with van der Waals surface area (Å²) in [6.45, 7) is 6.89. The van der Waals surface area contributed by atoms with Gasteiger partial charge in [0.25, 0.3) is 5.91 Å². The molecule has 0 saturated heterocycles. The van der Waals surface area contributed by atoms with Crippen molar-refractivity contribution in [3.8, 4) is 17.1 Å². The average molecular weight is 379 g/mol. The van der Waals surface area contributed by atoms with Gasteiger partial charge in [-0.3, -0.25) is 4.79 Å². The predicted octanol–water partition coefficient (Wildman–Crippen LogP) is 4.58. The van der Waals surface area contributed by atoms with Crippen LogP contribution in [0.3, 0.4) is 0 Å². The van der Waals surface area contributed by atoms with Crippen molar-refractivity contribution in [3.05, 3.63) is 66.1 Å². The second-order valence-corrected chi connectivity index (χ2v) is 6.78. The first kappa shape index (κ1) is 19.6. The molecular formula is C22H25N3O3. The molecule has 6 nitrogen and oxygen atoms in total. The highest BCUT2D eigenvalue weighted by Crippen LogP contribution is 2.19. The lowest BCUT2D eigenvalue weighted by atomic mass is 10.1. The summed E-state index contributed by atoms with van der Waals surface area (Å²) in [5, 5.41) is 4.03. The van der Waals surface area contributed by atoms with E-state index >= 15 is 0 Å². The Bertz CT molecular complexity index is 889. The summed E-state index contributed by atoms with van der Waals surface area (Å²) in [5.41, 5.74) is 1.47. The van der Waals surface area contributed by atoms with Crippen molar-refractivity contribution in [1.29, 1.82) is 0 Å². The van der Waals surface area contributed by atoms with Crippen LogP contribution in [0.2, 0.25) is 0 Å². The molecule has 3 aromatic rings. The van der Waals surface area contributed by atoms with Crippen LogP contribution in [0.5, 0.6) is 5.75 Å². The Morgan fingerprint density at radius 2 is 1.82 bits per heavy atom. The van der Waals surface area contributed by atoms with Crippen LogP contribution in [0, 0.1) is 0 Å². The number of nitrogens with zero attached hydrogens (tertiary/aromatic N) is 3. The summed E-state index contributed by atoms with van der Waals surface area (Å²) in [6.07, 6.45) is 0.941. The van der Waals surface area contributed by atoms with Gasteiger partial charge >= 0.3 is 0 Å². The second-order valence-electron chi connectivity index (χ2n) is 6.78. The smallest absolute Gasteiger partial charge is 0.254 e. The molecule has 0 N–H and O–H groups in total. The number of benzene rings is 2. The van der Waals surface area contributed by atoms with Crippen LogP contribution < -0.4 is 4.74 Å². The molecule has 0 radical (unpaired) electrons. The van der Waals surface area contributed by atoms with E-state index in [0.717, 1.165) is 17.7 Å². The number of amides is 1. The zero-order valence-electron chi connectivity index (χ0n) is 16.5. The first-order valence-electron chi connectivity index (χ1n) is 9.50. The maximum absolute atomic E-state index is 13.0. The fraction of sp³-hybridized carbons (Fsp3) is 0.318. The Balaban J connectivity index is 1.73. The monoisotopic (exact) mass is 379 g/mol. The SMILES string of the molecule is CCCOc1ccc(C(=O)N(Cc2nc(-c3ccccc3)no2)C(C)C)cc1. The van der Waals surface area contributed by atoms with Crippen molar-refractivity contribution in [2.75, 3.05) is 6.61 Å². The van der Waals surface area contributed by atoms with E-state index in [9.17, 15) is 4.79 Å². The number of hydrogen-bond acceptors (Lipinski definition) is 5. The molecule has 0 aliphatic heterocycles. The van der Waals surface area contributed by atoms with Crippen LogP contribution in [0.25, 0.3) is 11.4 Å². The Kier molecular flexibility index (Phi) is 6.42.